The van der Waals surface area contributed by atoms with Crippen LogP contribution in [0.2, 0.25) is 0 Å². The number of alkyl halides is 3. The molecule has 2 N–H and O–H groups in total. The van der Waals surface area contributed by atoms with Crippen LogP contribution in [0.25, 0.3) is 0 Å². The number of halogens is 4. The lowest BCUT2D eigenvalue weighted by atomic mass is 10.1. The van der Waals surface area contributed by atoms with Gasteiger partial charge in [0.15, 0.2) is 5.82 Å². The standard InChI is InChI=1S/C23H18F4N4O2/c1-28-22(33)18-12-15(7-9-29-18)31-10-8-16-19(31)6-5-17(20(16)24)30-21(32)13-3-2-4-14(11-13)23(25,26)27/h2-7,9,11-12H,8,10H2,1H3,(H,28,33)(H,30,32). The van der Waals surface area contributed by atoms with Crippen molar-refractivity contribution in [3.8, 4) is 0 Å². The van der Waals surface area contributed by atoms with Crippen LogP contribution < -0.4 is 15.5 Å². The molecule has 0 aliphatic carbocycles. The second kappa shape index (κ2) is 8.53. The number of fused-ring (bicyclic) bond motifs is 1. The molecule has 0 atom stereocenters. The molecule has 1 aromatic heterocycles. The predicted molar refractivity (Wildman–Crippen MR) is 114 cm³/mol. The second-order valence-electron chi connectivity index (χ2n) is 7.34. The minimum absolute atomic E-state index is 0.126. The van der Waals surface area contributed by atoms with Crippen LogP contribution in [0.15, 0.2) is 54.7 Å². The van der Waals surface area contributed by atoms with Gasteiger partial charge in [-0.15, -0.1) is 0 Å². The van der Waals surface area contributed by atoms with E-state index in [-0.39, 0.29) is 22.9 Å². The van der Waals surface area contributed by atoms with Crippen LogP contribution in [0.5, 0.6) is 0 Å². The Morgan fingerprint density at radius 2 is 1.85 bits per heavy atom. The molecule has 0 bridgehead atoms. The van der Waals surface area contributed by atoms with Gasteiger partial charge < -0.3 is 15.5 Å². The van der Waals surface area contributed by atoms with E-state index < -0.39 is 23.5 Å². The van der Waals surface area contributed by atoms with Crippen molar-refractivity contribution in [1.29, 1.82) is 0 Å². The normalized spacial score (nSPS) is 12.9. The van der Waals surface area contributed by atoms with Crippen molar-refractivity contribution < 1.29 is 27.2 Å². The Hall–Kier alpha value is -3.95. The summed E-state index contributed by atoms with van der Waals surface area (Å²) < 4.78 is 53.9. The highest BCUT2D eigenvalue weighted by Crippen LogP contribution is 2.38. The molecule has 170 valence electrons. The first-order valence-electron chi connectivity index (χ1n) is 9.94. The van der Waals surface area contributed by atoms with Crippen molar-refractivity contribution in [2.45, 2.75) is 12.6 Å². The Bertz CT molecular complexity index is 1240. The van der Waals surface area contributed by atoms with Crippen molar-refractivity contribution in [3.05, 3.63) is 82.9 Å². The van der Waals surface area contributed by atoms with Crippen LogP contribution >= 0.6 is 0 Å². The summed E-state index contributed by atoms with van der Waals surface area (Å²) in [5.41, 5.74) is 0.475. The Balaban J connectivity index is 1.59. The fourth-order valence-corrected chi connectivity index (χ4v) is 3.68. The molecule has 1 aliphatic heterocycles. The molecule has 2 aromatic carbocycles. The van der Waals surface area contributed by atoms with E-state index in [0.717, 1.165) is 18.2 Å². The van der Waals surface area contributed by atoms with Gasteiger partial charge in [0.1, 0.15) is 5.69 Å². The Kier molecular flexibility index (Phi) is 5.75. The van der Waals surface area contributed by atoms with Crippen molar-refractivity contribution in [1.82, 2.24) is 10.3 Å². The number of pyridine rings is 1. The first kappa shape index (κ1) is 22.3. The molecule has 0 saturated heterocycles. The number of amides is 2. The fourth-order valence-electron chi connectivity index (χ4n) is 3.68. The maximum absolute atomic E-state index is 15.2. The summed E-state index contributed by atoms with van der Waals surface area (Å²) >= 11 is 0. The van der Waals surface area contributed by atoms with Gasteiger partial charge in [0, 0.05) is 42.3 Å². The predicted octanol–water partition coefficient (Wildman–Crippen LogP) is 4.55. The fraction of sp³-hybridized carbons (Fsp3) is 0.174. The molecule has 0 saturated carbocycles. The molecule has 0 radical (unpaired) electrons. The Morgan fingerprint density at radius 1 is 1.06 bits per heavy atom. The third-order valence-corrected chi connectivity index (χ3v) is 5.31. The van der Waals surface area contributed by atoms with E-state index in [1.165, 1.54) is 25.4 Å². The second-order valence-corrected chi connectivity index (χ2v) is 7.34. The van der Waals surface area contributed by atoms with E-state index in [1.807, 2.05) is 4.90 Å². The summed E-state index contributed by atoms with van der Waals surface area (Å²) in [6.45, 7) is 0.439. The van der Waals surface area contributed by atoms with E-state index >= 15 is 4.39 Å². The molecule has 0 spiro atoms. The van der Waals surface area contributed by atoms with Gasteiger partial charge in [-0.05, 0) is 48.9 Å². The molecule has 4 rings (SSSR count). The van der Waals surface area contributed by atoms with Crippen LogP contribution in [0.3, 0.4) is 0 Å². The van der Waals surface area contributed by atoms with Gasteiger partial charge in [-0.25, -0.2) is 4.39 Å². The molecular formula is C23H18F4N4O2. The molecule has 0 unspecified atom stereocenters. The van der Waals surface area contributed by atoms with E-state index in [1.54, 1.807) is 18.2 Å². The van der Waals surface area contributed by atoms with Crippen LogP contribution in [0.1, 0.15) is 32.0 Å². The maximum atomic E-state index is 15.2. The molecule has 0 fully saturated rings. The number of anilines is 3. The third-order valence-electron chi connectivity index (χ3n) is 5.31. The SMILES string of the molecule is CNC(=O)c1cc(N2CCc3c2ccc(NC(=O)c2cccc(C(F)(F)F)c2)c3F)ccn1. The molecule has 2 heterocycles. The highest BCUT2D eigenvalue weighted by Gasteiger charge is 2.31. The first-order chi connectivity index (χ1) is 15.7. The van der Waals surface area contributed by atoms with E-state index in [4.69, 9.17) is 0 Å². The topological polar surface area (TPSA) is 74.3 Å². The average Bonchev–Trinajstić information content (AvgIpc) is 3.25. The van der Waals surface area contributed by atoms with Gasteiger partial charge in [-0.2, -0.15) is 13.2 Å². The first-order valence-corrected chi connectivity index (χ1v) is 9.94. The lowest BCUT2D eigenvalue weighted by Crippen LogP contribution is -2.20. The summed E-state index contributed by atoms with van der Waals surface area (Å²) in [6, 6.07) is 10.2. The number of carbonyl (C=O) groups excluding carboxylic acids is 2. The minimum atomic E-state index is -4.59. The number of nitrogens with zero attached hydrogens (tertiary/aromatic N) is 2. The van der Waals surface area contributed by atoms with E-state index in [9.17, 15) is 22.8 Å². The van der Waals surface area contributed by atoms with Crippen LogP contribution in [0.4, 0.5) is 34.6 Å². The number of hydrogen-bond acceptors (Lipinski definition) is 4. The quantitative estimate of drug-likeness (QED) is 0.563. The van der Waals surface area contributed by atoms with E-state index in [2.05, 4.69) is 15.6 Å². The Labute approximate surface area is 186 Å². The minimum Gasteiger partial charge on any atom is -0.354 e. The summed E-state index contributed by atoms with van der Waals surface area (Å²) in [5.74, 6) is -1.86. The molecule has 10 heteroatoms. The molecular weight excluding hydrogens is 440 g/mol. The van der Waals surface area contributed by atoms with Gasteiger partial charge in [0.05, 0.1) is 11.3 Å². The van der Waals surface area contributed by atoms with Crippen molar-refractivity contribution in [2.24, 2.45) is 0 Å². The van der Waals surface area contributed by atoms with Gasteiger partial charge >= 0.3 is 6.18 Å². The van der Waals surface area contributed by atoms with Gasteiger partial charge in [0.2, 0.25) is 0 Å². The van der Waals surface area contributed by atoms with Crippen LogP contribution in [0, 0.1) is 5.82 Å². The molecule has 2 amide bonds. The molecule has 3 aromatic rings. The summed E-state index contributed by atoms with van der Waals surface area (Å²) in [5, 5.41) is 4.85. The zero-order valence-corrected chi connectivity index (χ0v) is 17.3. The lowest BCUT2D eigenvalue weighted by Gasteiger charge is -2.20. The zero-order valence-electron chi connectivity index (χ0n) is 17.3. The van der Waals surface area contributed by atoms with Crippen molar-refractivity contribution >= 4 is 28.9 Å². The largest absolute Gasteiger partial charge is 0.416 e. The number of hydrogen-bond donors (Lipinski definition) is 2. The smallest absolute Gasteiger partial charge is 0.354 e. The summed E-state index contributed by atoms with van der Waals surface area (Å²) in [4.78, 5) is 30.2. The number of carbonyl (C=O) groups is 2. The highest BCUT2D eigenvalue weighted by molar-refractivity contribution is 6.04. The van der Waals surface area contributed by atoms with E-state index in [0.29, 0.717) is 29.9 Å². The number of benzene rings is 2. The molecule has 6 nitrogen and oxygen atoms in total. The third kappa shape index (κ3) is 4.36. The number of nitrogens with one attached hydrogen (secondary N) is 2. The van der Waals surface area contributed by atoms with Crippen molar-refractivity contribution in [3.63, 3.8) is 0 Å². The van der Waals surface area contributed by atoms with Gasteiger partial charge in [-0.1, -0.05) is 6.07 Å². The molecule has 1 aliphatic rings. The zero-order chi connectivity index (χ0) is 23.8. The lowest BCUT2D eigenvalue weighted by molar-refractivity contribution is -0.137. The van der Waals surface area contributed by atoms with Crippen LogP contribution in [-0.2, 0) is 12.6 Å². The summed E-state index contributed by atoms with van der Waals surface area (Å²) in [7, 11) is 1.49. The maximum Gasteiger partial charge on any atom is 0.416 e. The van der Waals surface area contributed by atoms with Gasteiger partial charge in [0.25, 0.3) is 11.8 Å². The number of rotatable bonds is 4. The summed E-state index contributed by atoms with van der Waals surface area (Å²) in [6.07, 6.45) is -2.77. The molecule has 33 heavy (non-hydrogen) atoms. The highest BCUT2D eigenvalue weighted by atomic mass is 19.4. The van der Waals surface area contributed by atoms with Gasteiger partial charge in [-0.3, -0.25) is 14.6 Å². The van der Waals surface area contributed by atoms with Crippen LogP contribution in [-0.4, -0.2) is 30.4 Å². The monoisotopic (exact) mass is 458 g/mol. The average molecular weight is 458 g/mol. The Morgan fingerprint density at radius 3 is 2.58 bits per heavy atom. The van der Waals surface area contributed by atoms with Crippen molar-refractivity contribution in [2.75, 3.05) is 23.8 Å². The number of aromatic nitrogens is 1.